The maximum atomic E-state index is 10.5. The van der Waals surface area contributed by atoms with Crippen LogP contribution in [-0.4, -0.2) is 93.1 Å². The molecule has 0 bridgehead atoms. The molecule has 0 fully saturated rings. The van der Waals surface area contributed by atoms with Gasteiger partial charge in [0.25, 0.3) is 0 Å². The lowest BCUT2D eigenvalue weighted by Crippen LogP contribution is -2.39. The number of hydrogen-bond donors (Lipinski definition) is 4. The standard InChI is InChI=1S/2C7H13NO3S.Mg/c2*1-5(9)8-6(7(10)11)3-4-12-2;/h2*6H,3-4H2,1-2H3,(H,8,9)(H,10,11);. The summed E-state index contributed by atoms with van der Waals surface area (Å²) in [6.07, 6.45) is 4.73. The Hall–Kier alpha value is -0.654. The van der Waals surface area contributed by atoms with Gasteiger partial charge in [-0.05, 0) is 36.9 Å². The summed E-state index contributed by atoms with van der Waals surface area (Å²) in [6, 6.07) is -1.48. The highest BCUT2D eigenvalue weighted by Gasteiger charge is 2.17. The van der Waals surface area contributed by atoms with Gasteiger partial charge in [0.1, 0.15) is 12.1 Å². The van der Waals surface area contributed by atoms with Crippen LogP contribution in [0, 0.1) is 0 Å². The van der Waals surface area contributed by atoms with E-state index in [1.165, 1.54) is 13.8 Å². The van der Waals surface area contributed by atoms with Gasteiger partial charge in [-0.1, -0.05) is 0 Å². The minimum Gasteiger partial charge on any atom is -0.480 e. The van der Waals surface area contributed by atoms with Crippen LogP contribution in [0.2, 0.25) is 0 Å². The highest BCUT2D eigenvalue weighted by atomic mass is 32.2. The fraction of sp³-hybridized carbons (Fsp3) is 0.714. The molecule has 4 N–H and O–H groups in total. The number of carboxylic acids is 2. The summed E-state index contributed by atoms with van der Waals surface area (Å²) in [4.78, 5) is 42.1. The van der Waals surface area contributed by atoms with E-state index in [1.807, 2.05) is 12.5 Å². The molecule has 0 spiro atoms. The fourth-order valence-corrected chi connectivity index (χ4v) is 2.42. The second-order valence-corrected chi connectivity index (χ2v) is 6.72. The van der Waals surface area contributed by atoms with Crippen molar-refractivity contribution in [3.63, 3.8) is 0 Å². The number of amides is 2. The molecule has 0 aromatic carbocycles. The Labute approximate surface area is 172 Å². The number of thioether (sulfide) groups is 2. The van der Waals surface area contributed by atoms with Crippen molar-refractivity contribution in [2.75, 3.05) is 24.0 Å². The van der Waals surface area contributed by atoms with Gasteiger partial charge in [0, 0.05) is 36.9 Å². The highest BCUT2D eigenvalue weighted by Crippen LogP contribution is 2.01. The summed E-state index contributed by atoms with van der Waals surface area (Å²) < 4.78 is 0. The molecule has 0 saturated heterocycles. The van der Waals surface area contributed by atoms with Crippen molar-refractivity contribution >= 4 is 70.3 Å². The van der Waals surface area contributed by atoms with Crippen molar-refractivity contribution in [2.45, 2.75) is 38.8 Å². The lowest BCUT2D eigenvalue weighted by atomic mass is 10.2. The minimum atomic E-state index is -0.973. The Balaban J connectivity index is -0.000000372. The molecule has 2 unspecified atom stereocenters. The van der Waals surface area contributed by atoms with Gasteiger partial charge in [-0.15, -0.1) is 0 Å². The van der Waals surface area contributed by atoms with E-state index in [0.717, 1.165) is 11.5 Å². The Morgan fingerprint density at radius 2 is 1.08 bits per heavy atom. The molecule has 0 rings (SSSR count). The second-order valence-electron chi connectivity index (χ2n) is 4.75. The molecule has 0 saturated carbocycles. The van der Waals surface area contributed by atoms with Crippen LogP contribution in [0.4, 0.5) is 0 Å². The molecule has 0 aliphatic rings. The number of carbonyl (C=O) groups excluding carboxylic acids is 2. The molecule has 0 aliphatic heterocycles. The molecule has 2 atom stereocenters. The van der Waals surface area contributed by atoms with Gasteiger partial charge in [0.05, 0.1) is 0 Å². The maximum absolute atomic E-state index is 10.5. The topological polar surface area (TPSA) is 133 Å². The van der Waals surface area contributed by atoms with Crippen molar-refractivity contribution in [3.8, 4) is 0 Å². The summed E-state index contributed by atoms with van der Waals surface area (Å²) >= 11 is 3.12. The van der Waals surface area contributed by atoms with Gasteiger partial charge in [-0.2, -0.15) is 23.5 Å². The van der Waals surface area contributed by atoms with Gasteiger partial charge in [0.15, 0.2) is 0 Å². The zero-order valence-electron chi connectivity index (χ0n) is 15.0. The summed E-state index contributed by atoms with van der Waals surface area (Å²) in [5.41, 5.74) is 0. The van der Waals surface area contributed by atoms with E-state index in [1.54, 1.807) is 23.5 Å². The van der Waals surface area contributed by atoms with Gasteiger partial charge in [-0.25, -0.2) is 9.59 Å². The first-order chi connectivity index (χ1) is 11.1. The molecular weight excluding hydrogens is 381 g/mol. The van der Waals surface area contributed by atoms with E-state index in [0.29, 0.717) is 12.8 Å². The number of carboxylic acid groups (broad SMARTS) is 2. The van der Waals surface area contributed by atoms with Crippen LogP contribution >= 0.6 is 23.5 Å². The summed E-state index contributed by atoms with van der Waals surface area (Å²) in [7, 11) is 0. The molecule has 25 heavy (non-hydrogen) atoms. The molecular formula is C14H26MgN2O6S2. The predicted octanol–water partition coefficient (Wildman–Crippen LogP) is 0.277. The van der Waals surface area contributed by atoms with Crippen LogP contribution in [-0.2, 0) is 19.2 Å². The van der Waals surface area contributed by atoms with Crippen molar-refractivity contribution in [1.29, 1.82) is 0 Å². The van der Waals surface area contributed by atoms with E-state index in [2.05, 4.69) is 10.6 Å². The van der Waals surface area contributed by atoms with Crippen LogP contribution in [0.5, 0.6) is 0 Å². The van der Waals surface area contributed by atoms with Crippen molar-refractivity contribution in [3.05, 3.63) is 0 Å². The third-order valence-corrected chi connectivity index (χ3v) is 3.86. The first kappa shape index (κ1) is 29.1. The molecule has 0 aliphatic carbocycles. The highest BCUT2D eigenvalue weighted by molar-refractivity contribution is 7.98. The zero-order chi connectivity index (χ0) is 19.1. The Bertz CT molecular complexity index is 388. The molecule has 0 heterocycles. The van der Waals surface area contributed by atoms with Gasteiger partial charge in [-0.3, -0.25) is 9.59 Å². The fourth-order valence-electron chi connectivity index (χ4n) is 1.48. The van der Waals surface area contributed by atoms with E-state index in [-0.39, 0.29) is 34.9 Å². The third-order valence-electron chi connectivity index (χ3n) is 2.57. The smallest absolute Gasteiger partial charge is 0.326 e. The summed E-state index contributed by atoms with van der Waals surface area (Å²) in [5.74, 6) is -1.08. The predicted molar refractivity (Wildman–Crippen MR) is 102 cm³/mol. The van der Waals surface area contributed by atoms with Crippen LogP contribution in [0.3, 0.4) is 0 Å². The first-order valence-corrected chi connectivity index (χ1v) is 9.92. The van der Waals surface area contributed by atoms with Crippen LogP contribution in [0.15, 0.2) is 0 Å². The average molecular weight is 407 g/mol. The Kier molecular flexibility index (Phi) is 21.1. The second kappa shape index (κ2) is 18.1. The number of nitrogens with one attached hydrogen (secondary N) is 2. The van der Waals surface area contributed by atoms with E-state index < -0.39 is 24.0 Å². The quantitative estimate of drug-likeness (QED) is 0.380. The SMILES string of the molecule is CSCCC(NC(C)=O)C(=O)O.CSCCC(NC(C)=O)C(=O)O.[Mg]. The van der Waals surface area contributed by atoms with Crippen molar-refractivity contribution in [2.24, 2.45) is 0 Å². The van der Waals surface area contributed by atoms with Crippen LogP contribution < -0.4 is 10.6 Å². The molecule has 0 aromatic rings. The number of rotatable bonds is 10. The normalized spacial score (nSPS) is 11.7. The number of carbonyl (C=O) groups is 4. The monoisotopic (exact) mass is 406 g/mol. The molecule has 2 amide bonds. The molecule has 2 radical (unpaired) electrons. The lowest BCUT2D eigenvalue weighted by molar-refractivity contribution is -0.142. The molecule has 11 heteroatoms. The van der Waals surface area contributed by atoms with Gasteiger partial charge < -0.3 is 20.8 Å². The minimum absolute atomic E-state index is 0. The largest absolute Gasteiger partial charge is 0.480 e. The van der Waals surface area contributed by atoms with Crippen LogP contribution in [0.25, 0.3) is 0 Å². The maximum Gasteiger partial charge on any atom is 0.326 e. The van der Waals surface area contributed by atoms with Crippen LogP contribution in [0.1, 0.15) is 26.7 Å². The number of hydrogen-bond acceptors (Lipinski definition) is 6. The van der Waals surface area contributed by atoms with Gasteiger partial charge in [0.2, 0.25) is 11.8 Å². The third kappa shape index (κ3) is 19.5. The van der Waals surface area contributed by atoms with Crippen molar-refractivity contribution in [1.82, 2.24) is 10.6 Å². The van der Waals surface area contributed by atoms with Crippen molar-refractivity contribution < 1.29 is 29.4 Å². The zero-order valence-corrected chi connectivity index (χ0v) is 18.1. The molecule has 8 nitrogen and oxygen atoms in total. The molecule has 142 valence electrons. The summed E-state index contributed by atoms with van der Waals surface area (Å²) in [6.45, 7) is 2.63. The lowest BCUT2D eigenvalue weighted by Gasteiger charge is -2.11. The van der Waals surface area contributed by atoms with Gasteiger partial charge >= 0.3 is 11.9 Å². The van der Waals surface area contributed by atoms with E-state index in [4.69, 9.17) is 10.2 Å². The summed E-state index contributed by atoms with van der Waals surface area (Å²) in [5, 5.41) is 22.0. The first-order valence-electron chi connectivity index (χ1n) is 7.13. The van der Waals surface area contributed by atoms with E-state index >= 15 is 0 Å². The molecule has 0 aromatic heterocycles. The number of aliphatic carboxylic acids is 2. The average Bonchev–Trinajstić information content (AvgIpc) is 2.47. The Morgan fingerprint density at radius 3 is 1.24 bits per heavy atom. The van der Waals surface area contributed by atoms with E-state index in [9.17, 15) is 19.2 Å². The Morgan fingerprint density at radius 1 is 0.800 bits per heavy atom.